The second-order valence-electron chi connectivity index (χ2n) is 5.16. The Morgan fingerprint density at radius 1 is 1.17 bits per heavy atom. The van der Waals surface area contributed by atoms with Crippen molar-refractivity contribution in [2.45, 2.75) is 40.0 Å². The quantitative estimate of drug-likeness (QED) is 0.753. The summed E-state index contributed by atoms with van der Waals surface area (Å²) in [6.45, 7) is 8.83. The lowest BCUT2D eigenvalue weighted by Crippen LogP contribution is -1.93. The molecule has 2 aromatic rings. The molecule has 0 spiro atoms. The van der Waals surface area contributed by atoms with Crippen LogP contribution < -0.4 is 0 Å². The van der Waals surface area contributed by atoms with Gasteiger partial charge in [-0.3, -0.25) is 4.98 Å². The van der Waals surface area contributed by atoms with Gasteiger partial charge in [0.25, 0.3) is 0 Å². The van der Waals surface area contributed by atoms with Crippen LogP contribution in [0.15, 0.2) is 36.7 Å². The van der Waals surface area contributed by atoms with Gasteiger partial charge in [-0.15, -0.1) is 0 Å². The summed E-state index contributed by atoms with van der Waals surface area (Å²) in [5, 5.41) is 0. The van der Waals surface area contributed by atoms with E-state index in [1.54, 1.807) is 0 Å². The van der Waals surface area contributed by atoms with E-state index < -0.39 is 0 Å². The van der Waals surface area contributed by atoms with Gasteiger partial charge in [0.05, 0.1) is 0 Å². The number of pyridine rings is 1. The standard InChI is InChI=1S/C17H21N/c1-5-14-8-15(12(2)3)10-16(9-14)17-6-7-18-11-13(17)4/h6-12H,5H2,1-4H3. The van der Waals surface area contributed by atoms with Gasteiger partial charge < -0.3 is 0 Å². The normalized spacial score (nSPS) is 10.9. The van der Waals surface area contributed by atoms with E-state index >= 15 is 0 Å². The lowest BCUT2D eigenvalue weighted by Gasteiger charge is -2.13. The summed E-state index contributed by atoms with van der Waals surface area (Å²) in [6, 6.07) is 9.04. The highest BCUT2D eigenvalue weighted by Gasteiger charge is 2.07. The maximum Gasteiger partial charge on any atom is 0.0303 e. The van der Waals surface area contributed by atoms with Crippen LogP contribution in [0.1, 0.15) is 43.4 Å². The molecule has 1 aromatic heterocycles. The molecule has 0 fully saturated rings. The molecule has 0 atom stereocenters. The Labute approximate surface area is 110 Å². The first-order valence-electron chi connectivity index (χ1n) is 6.66. The summed E-state index contributed by atoms with van der Waals surface area (Å²) in [7, 11) is 0. The van der Waals surface area contributed by atoms with Crippen LogP contribution in [0.3, 0.4) is 0 Å². The van der Waals surface area contributed by atoms with Gasteiger partial charge in [-0.2, -0.15) is 0 Å². The number of rotatable bonds is 3. The van der Waals surface area contributed by atoms with E-state index in [0.29, 0.717) is 5.92 Å². The molecule has 1 heteroatoms. The first-order chi connectivity index (χ1) is 8.61. The van der Waals surface area contributed by atoms with E-state index in [1.165, 1.54) is 27.8 Å². The molecule has 0 bridgehead atoms. The molecule has 1 aromatic carbocycles. The minimum Gasteiger partial charge on any atom is -0.264 e. The van der Waals surface area contributed by atoms with Crippen LogP contribution in [0, 0.1) is 6.92 Å². The van der Waals surface area contributed by atoms with Gasteiger partial charge in [0.15, 0.2) is 0 Å². The van der Waals surface area contributed by atoms with Gasteiger partial charge in [0, 0.05) is 12.4 Å². The van der Waals surface area contributed by atoms with Gasteiger partial charge in [0.1, 0.15) is 0 Å². The third-order valence-electron chi connectivity index (χ3n) is 3.42. The maximum atomic E-state index is 4.17. The minimum absolute atomic E-state index is 0.567. The lowest BCUT2D eigenvalue weighted by molar-refractivity contribution is 0.863. The highest BCUT2D eigenvalue weighted by molar-refractivity contribution is 5.68. The molecule has 0 aliphatic rings. The SMILES string of the molecule is CCc1cc(-c2ccncc2C)cc(C(C)C)c1. The molecule has 0 N–H and O–H groups in total. The van der Waals surface area contributed by atoms with Crippen molar-refractivity contribution in [2.24, 2.45) is 0 Å². The Bertz CT molecular complexity index is 541. The predicted octanol–water partition coefficient (Wildman–Crippen LogP) is 4.74. The third-order valence-corrected chi connectivity index (χ3v) is 3.42. The summed E-state index contributed by atoms with van der Waals surface area (Å²) in [4.78, 5) is 4.17. The summed E-state index contributed by atoms with van der Waals surface area (Å²) in [5.74, 6) is 0.567. The van der Waals surface area contributed by atoms with Crippen molar-refractivity contribution in [3.8, 4) is 11.1 Å². The van der Waals surface area contributed by atoms with Crippen molar-refractivity contribution in [3.05, 3.63) is 53.3 Å². The Morgan fingerprint density at radius 2 is 1.94 bits per heavy atom. The number of hydrogen-bond acceptors (Lipinski definition) is 1. The van der Waals surface area contributed by atoms with Crippen LogP contribution in [0.2, 0.25) is 0 Å². The molecule has 0 saturated carbocycles. The molecule has 0 radical (unpaired) electrons. The van der Waals surface area contributed by atoms with Crippen LogP contribution in [0.4, 0.5) is 0 Å². The number of nitrogens with zero attached hydrogens (tertiary/aromatic N) is 1. The van der Waals surface area contributed by atoms with Crippen molar-refractivity contribution < 1.29 is 0 Å². The zero-order chi connectivity index (χ0) is 13.1. The van der Waals surface area contributed by atoms with Crippen molar-refractivity contribution in [3.63, 3.8) is 0 Å². The van der Waals surface area contributed by atoms with E-state index in [-0.39, 0.29) is 0 Å². The van der Waals surface area contributed by atoms with Crippen molar-refractivity contribution >= 4 is 0 Å². The topological polar surface area (TPSA) is 12.9 Å². The third kappa shape index (κ3) is 2.61. The van der Waals surface area contributed by atoms with E-state index in [4.69, 9.17) is 0 Å². The van der Waals surface area contributed by atoms with Crippen LogP contribution in [0.5, 0.6) is 0 Å². The van der Waals surface area contributed by atoms with Crippen LogP contribution in [-0.4, -0.2) is 4.98 Å². The molecule has 0 unspecified atom stereocenters. The molecule has 0 amide bonds. The summed E-state index contributed by atoms with van der Waals surface area (Å²) >= 11 is 0. The fourth-order valence-corrected chi connectivity index (χ4v) is 2.21. The molecule has 1 heterocycles. The number of aromatic nitrogens is 1. The number of aryl methyl sites for hydroxylation is 2. The molecule has 18 heavy (non-hydrogen) atoms. The first kappa shape index (κ1) is 12.8. The van der Waals surface area contributed by atoms with Gasteiger partial charge in [-0.1, -0.05) is 39.0 Å². The Morgan fingerprint density at radius 3 is 2.56 bits per heavy atom. The van der Waals surface area contributed by atoms with E-state index in [2.05, 4.69) is 56.9 Å². The predicted molar refractivity (Wildman–Crippen MR) is 77.9 cm³/mol. The van der Waals surface area contributed by atoms with Crippen molar-refractivity contribution in [2.75, 3.05) is 0 Å². The molecule has 0 aliphatic carbocycles. The molecular weight excluding hydrogens is 218 g/mol. The fourth-order valence-electron chi connectivity index (χ4n) is 2.21. The second-order valence-corrected chi connectivity index (χ2v) is 5.16. The molecule has 1 nitrogen and oxygen atoms in total. The molecule has 0 saturated heterocycles. The minimum atomic E-state index is 0.567. The Kier molecular flexibility index (Phi) is 3.81. The smallest absolute Gasteiger partial charge is 0.0303 e. The fraction of sp³-hybridized carbons (Fsp3) is 0.353. The number of hydrogen-bond donors (Lipinski definition) is 0. The Balaban J connectivity index is 2.57. The van der Waals surface area contributed by atoms with Gasteiger partial charge in [-0.25, -0.2) is 0 Å². The van der Waals surface area contributed by atoms with Crippen LogP contribution in [-0.2, 0) is 6.42 Å². The average Bonchev–Trinajstić information content (AvgIpc) is 2.38. The highest BCUT2D eigenvalue weighted by atomic mass is 14.6. The zero-order valence-electron chi connectivity index (χ0n) is 11.7. The molecule has 94 valence electrons. The van der Waals surface area contributed by atoms with Crippen molar-refractivity contribution in [1.29, 1.82) is 0 Å². The molecule has 2 rings (SSSR count). The van der Waals surface area contributed by atoms with Gasteiger partial charge in [0.2, 0.25) is 0 Å². The second kappa shape index (κ2) is 5.34. The molecule has 0 aliphatic heterocycles. The monoisotopic (exact) mass is 239 g/mol. The van der Waals surface area contributed by atoms with Crippen LogP contribution in [0.25, 0.3) is 11.1 Å². The highest BCUT2D eigenvalue weighted by Crippen LogP contribution is 2.28. The van der Waals surface area contributed by atoms with Crippen LogP contribution >= 0.6 is 0 Å². The van der Waals surface area contributed by atoms with E-state index in [9.17, 15) is 0 Å². The summed E-state index contributed by atoms with van der Waals surface area (Å²) in [5.41, 5.74) is 6.67. The van der Waals surface area contributed by atoms with Gasteiger partial charge >= 0.3 is 0 Å². The molecular formula is C17H21N. The van der Waals surface area contributed by atoms with E-state index in [0.717, 1.165) is 6.42 Å². The lowest BCUT2D eigenvalue weighted by atomic mass is 9.93. The first-order valence-corrected chi connectivity index (χ1v) is 6.66. The summed E-state index contributed by atoms with van der Waals surface area (Å²) < 4.78 is 0. The largest absolute Gasteiger partial charge is 0.264 e. The zero-order valence-corrected chi connectivity index (χ0v) is 11.7. The maximum absolute atomic E-state index is 4.17. The average molecular weight is 239 g/mol. The van der Waals surface area contributed by atoms with Crippen molar-refractivity contribution in [1.82, 2.24) is 4.98 Å². The van der Waals surface area contributed by atoms with Gasteiger partial charge in [-0.05, 0) is 53.1 Å². The number of benzene rings is 1. The summed E-state index contributed by atoms with van der Waals surface area (Å²) in [6.07, 6.45) is 4.89. The Hall–Kier alpha value is -1.63. The van der Waals surface area contributed by atoms with E-state index in [1.807, 2.05) is 12.4 Å².